The quantitative estimate of drug-likeness (QED) is 0.635. The van der Waals surface area contributed by atoms with Gasteiger partial charge in [0.15, 0.2) is 0 Å². The molecule has 2 rings (SSSR count). The zero-order valence-corrected chi connectivity index (χ0v) is 14.7. The number of ether oxygens (including phenoxy) is 3. The van der Waals surface area contributed by atoms with E-state index in [-0.39, 0.29) is 0 Å². The van der Waals surface area contributed by atoms with Gasteiger partial charge < -0.3 is 19.5 Å². The maximum absolute atomic E-state index is 11.9. The van der Waals surface area contributed by atoms with E-state index in [1.807, 2.05) is 12.1 Å². The van der Waals surface area contributed by atoms with Crippen LogP contribution in [-0.2, 0) is 11.3 Å². The number of aromatic nitrogens is 1. The lowest BCUT2D eigenvalue weighted by molar-refractivity contribution is 0.0601. The third-order valence-electron chi connectivity index (χ3n) is 3.50. The number of hydrogen-bond donors (Lipinski definition) is 1. The molecule has 0 spiro atoms. The fraction of sp³-hybridized carbons (Fsp3) is 0.294. The van der Waals surface area contributed by atoms with Crippen molar-refractivity contribution >= 4 is 23.4 Å². The van der Waals surface area contributed by atoms with Crippen LogP contribution < -0.4 is 14.8 Å². The van der Waals surface area contributed by atoms with Crippen molar-refractivity contribution in [2.75, 3.05) is 26.6 Å². The van der Waals surface area contributed by atoms with Gasteiger partial charge in [-0.2, -0.15) is 0 Å². The third kappa shape index (κ3) is 3.89. The number of carbonyl (C=O) groups is 1. The van der Waals surface area contributed by atoms with Crippen molar-refractivity contribution in [2.45, 2.75) is 13.5 Å². The number of esters is 1. The van der Waals surface area contributed by atoms with Crippen LogP contribution in [0.1, 0.15) is 21.5 Å². The Hall–Kier alpha value is -2.47. The lowest BCUT2D eigenvalue weighted by Crippen LogP contribution is -2.11. The van der Waals surface area contributed by atoms with Crippen molar-refractivity contribution in [3.8, 4) is 11.5 Å². The predicted octanol–water partition coefficient (Wildman–Crippen LogP) is 3.46. The molecular weight excluding hydrogens is 332 g/mol. The molecule has 0 saturated heterocycles. The molecule has 0 amide bonds. The molecule has 24 heavy (non-hydrogen) atoms. The summed E-state index contributed by atoms with van der Waals surface area (Å²) in [5.41, 5.74) is 1.91. The van der Waals surface area contributed by atoms with Gasteiger partial charge in [-0.05, 0) is 30.7 Å². The van der Waals surface area contributed by atoms with Gasteiger partial charge in [-0.15, -0.1) is 0 Å². The maximum Gasteiger partial charge on any atom is 0.341 e. The molecule has 128 valence electrons. The van der Waals surface area contributed by atoms with Gasteiger partial charge in [0.1, 0.15) is 28.0 Å². The summed E-state index contributed by atoms with van der Waals surface area (Å²) in [4.78, 5) is 16.2. The number of benzene rings is 1. The molecule has 0 saturated carbocycles. The average molecular weight is 351 g/mol. The highest BCUT2D eigenvalue weighted by molar-refractivity contribution is 6.30. The number of halogens is 1. The van der Waals surface area contributed by atoms with E-state index < -0.39 is 5.97 Å². The molecule has 0 bridgehead atoms. The van der Waals surface area contributed by atoms with E-state index in [2.05, 4.69) is 10.3 Å². The van der Waals surface area contributed by atoms with E-state index in [9.17, 15) is 4.79 Å². The van der Waals surface area contributed by atoms with Gasteiger partial charge in [0.2, 0.25) is 0 Å². The Morgan fingerprint density at radius 3 is 2.58 bits per heavy atom. The Morgan fingerprint density at radius 2 is 1.96 bits per heavy atom. The first kappa shape index (κ1) is 17.9. The summed E-state index contributed by atoms with van der Waals surface area (Å²) in [6, 6.07) is 7.14. The fourth-order valence-corrected chi connectivity index (χ4v) is 2.31. The van der Waals surface area contributed by atoms with Crippen LogP contribution in [0.25, 0.3) is 0 Å². The van der Waals surface area contributed by atoms with Crippen LogP contribution in [0.3, 0.4) is 0 Å². The smallest absolute Gasteiger partial charge is 0.341 e. The van der Waals surface area contributed by atoms with Crippen molar-refractivity contribution in [2.24, 2.45) is 0 Å². The molecule has 6 nitrogen and oxygen atoms in total. The molecule has 0 fully saturated rings. The first-order valence-electron chi connectivity index (χ1n) is 7.20. The Morgan fingerprint density at radius 1 is 1.21 bits per heavy atom. The zero-order chi connectivity index (χ0) is 17.7. The number of carbonyl (C=O) groups excluding carboxylic acids is 1. The second kappa shape index (κ2) is 7.88. The van der Waals surface area contributed by atoms with Gasteiger partial charge in [0.05, 0.1) is 21.3 Å². The molecule has 0 unspecified atom stereocenters. The molecular formula is C17H19ClN2O4. The largest absolute Gasteiger partial charge is 0.497 e. The number of nitrogens with one attached hydrogen (secondary N) is 1. The number of methoxy groups -OCH3 is 3. The number of hydrogen-bond acceptors (Lipinski definition) is 6. The molecule has 0 aliphatic heterocycles. The van der Waals surface area contributed by atoms with Gasteiger partial charge in [-0.3, -0.25) is 0 Å². The van der Waals surface area contributed by atoms with E-state index in [0.717, 1.165) is 5.56 Å². The van der Waals surface area contributed by atoms with Crippen LogP contribution in [0.15, 0.2) is 24.3 Å². The topological polar surface area (TPSA) is 69.7 Å². The minimum atomic E-state index is -0.480. The summed E-state index contributed by atoms with van der Waals surface area (Å²) in [7, 11) is 4.50. The Bertz CT molecular complexity index is 750. The van der Waals surface area contributed by atoms with E-state index in [1.54, 1.807) is 33.3 Å². The molecule has 2 aromatic rings. The predicted molar refractivity (Wildman–Crippen MR) is 92.2 cm³/mol. The standard InChI is InChI=1S/C17H19ClN2O4/c1-10-7-13(17(21)24-4)16(20-15(10)18)19-9-11-5-6-12(22-2)8-14(11)23-3/h5-8H,9H2,1-4H3,(H,19,20). The van der Waals surface area contributed by atoms with Crippen molar-refractivity contribution in [3.05, 3.63) is 46.1 Å². The number of aryl methyl sites for hydroxylation is 1. The maximum atomic E-state index is 11.9. The molecule has 1 N–H and O–H groups in total. The number of anilines is 1. The molecule has 1 aromatic carbocycles. The van der Waals surface area contributed by atoms with Gasteiger partial charge in [-0.25, -0.2) is 9.78 Å². The van der Waals surface area contributed by atoms with Gasteiger partial charge in [0.25, 0.3) is 0 Å². The summed E-state index contributed by atoms with van der Waals surface area (Å²) in [5, 5.41) is 3.43. The van der Waals surface area contributed by atoms with E-state index in [4.69, 9.17) is 25.8 Å². The molecule has 1 heterocycles. The summed E-state index contributed by atoms with van der Waals surface area (Å²) < 4.78 is 15.3. The molecule has 1 aromatic heterocycles. The SMILES string of the molecule is COC(=O)c1cc(C)c(Cl)nc1NCc1ccc(OC)cc1OC. The van der Waals surface area contributed by atoms with Gasteiger partial charge in [0, 0.05) is 18.2 Å². The highest BCUT2D eigenvalue weighted by atomic mass is 35.5. The Labute approximate surface area is 145 Å². The monoisotopic (exact) mass is 350 g/mol. The first-order chi connectivity index (χ1) is 11.5. The summed E-state index contributed by atoms with van der Waals surface area (Å²) in [6.45, 7) is 2.17. The third-order valence-corrected chi connectivity index (χ3v) is 3.88. The van der Waals surface area contributed by atoms with Crippen LogP contribution in [0.2, 0.25) is 5.15 Å². The number of pyridine rings is 1. The van der Waals surface area contributed by atoms with Crippen LogP contribution in [0, 0.1) is 6.92 Å². The molecule has 7 heteroatoms. The van der Waals surface area contributed by atoms with Crippen molar-refractivity contribution in [1.29, 1.82) is 0 Å². The number of nitrogens with zero attached hydrogens (tertiary/aromatic N) is 1. The van der Waals surface area contributed by atoms with Gasteiger partial charge in [-0.1, -0.05) is 11.6 Å². The van der Waals surface area contributed by atoms with E-state index in [0.29, 0.717) is 40.1 Å². The van der Waals surface area contributed by atoms with Crippen molar-refractivity contribution in [3.63, 3.8) is 0 Å². The van der Waals surface area contributed by atoms with Crippen LogP contribution in [0.5, 0.6) is 11.5 Å². The average Bonchev–Trinajstić information content (AvgIpc) is 2.61. The van der Waals surface area contributed by atoms with Crippen LogP contribution in [-0.4, -0.2) is 32.3 Å². The molecule has 0 atom stereocenters. The summed E-state index contributed by atoms with van der Waals surface area (Å²) in [5.74, 6) is 1.24. The summed E-state index contributed by atoms with van der Waals surface area (Å²) in [6.07, 6.45) is 0. The van der Waals surface area contributed by atoms with Crippen LogP contribution in [0.4, 0.5) is 5.82 Å². The highest BCUT2D eigenvalue weighted by Crippen LogP contribution is 2.27. The van der Waals surface area contributed by atoms with Crippen LogP contribution >= 0.6 is 11.6 Å². The minimum Gasteiger partial charge on any atom is -0.497 e. The lowest BCUT2D eigenvalue weighted by Gasteiger charge is -2.14. The second-order valence-electron chi connectivity index (χ2n) is 5.02. The molecule has 0 radical (unpaired) electrons. The fourth-order valence-electron chi connectivity index (χ4n) is 2.17. The highest BCUT2D eigenvalue weighted by Gasteiger charge is 2.16. The van der Waals surface area contributed by atoms with Crippen molar-refractivity contribution < 1.29 is 19.0 Å². The molecule has 0 aliphatic carbocycles. The van der Waals surface area contributed by atoms with Gasteiger partial charge >= 0.3 is 5.97 Å². The Kier molecular flexibility index (Phi) is 5.87. The number of rotatable bonds is 6. The zero-order valence-electron chi connectivity index (χ0n) is 14.0. The van der Waals surface area contributed by atoms with E-state index >= 15 is 0 Å². The molecule has 0 aliphatic rings. The lowest BCUT2D eigenvalue weighted by atomic mass is 10.1. The van der Waals surface area contributed by atoms with Crippen molar-refractivity contribution in [1.82, 2.24) is 4.98 Å². The van der Waals surface area contributed by atoms with E-state index in [1.165, 1.54) is 7.11 Å². The normalized spacial score (nSPS) is 10.2. The Balaban J connectivity index is 2.29. The minimum absolute atomic E-state index is 0.326. The second-order valence-corrected chi connectivity index (χ2v) is 5.37. The first-order valence-corrected chi connectivity index (χ1v) is 7.58. The summed E-state index contributed by atoms with van der Waals surface area (Å²) >= 11 is 6.07.